The number of benzene rings is 7. The zero-order chi connectivity index (χ0) is 36.9. The molecular weight excluding hydrogens is 735 g/mol. The summed E-state index contributed by atoms with van der Waals surface area (Å²) in [7, 11) is -4.03. The van der Waals surface area contributed by atoms with E-state index in [1.165, 1.54) is 16.0 Å². The zero-order valence-corrected chi connectivity index (χ0v) is 31.7. The number of hydrogen-bond donors (Lipinski definition) is 0. The third kappa shape index (κ3) is 6.14. The van der Waals surface area contributed by atoms with Gasteiger partial charge in [0.05, 0.1) is 0 Å². The summed E-state index contributed by atoms with van der Waals surface area (Å²) < 4.78 is 34.5. The first-order valence-electron chi connectivity index (χ1n) is 17.9. The van der Waals surface area contributed by atoms with Crippen LogP contribution in [0.1, 0.15) is 21.9 Å². The summed E-state index contributed by atoms with van der Waals surface area (Å²) >= 11 is 3.44. The Bertz CT molecular complexity index is 2820. The molecule has 0 bridgehead atoms. The summed E-state index contributed by atoms with van der Waals surface area (Å²) in [6.07, 6.45) is 0. The third-order valence-corrected chi connectivity index (χ3v) is 13.2. The number of rotatable bonds is 8. The van der Waals surface area contributed by atoms with Gasteiger partial charge >= 0.3 is 10.2 Å². The monoisotopic (exact) mass is 765 g/mol. The van der Waals surface area contributed by atoms with Crippen molar-refractivity contribution in [2.24, 2.45) is 8.80 Å². The van der Waals surface area contributed by atoms with Crippen LogP contribution in [0.25, 0.3) is 42.4 Å². The predicted octanol–water partition coefficient (Wildman–Crippen LogP) is 11.6. The van der Waals surface area contributed by atoms with E-state index < -0.39 is 10.2 Å². The van der Waals surface area contributed by atoms with Gasteiger partial charge in [0.1, 0.15) is 15.7 Å². The number of hydrogen-bond acceptors (Lipinski definition) is 5. The fraction of sp³-hybridized carbons (Fsp3) is 0.0213. The molecule has 1 aliphatic heterocycles. The number of fused-ring (bicyclic) bond motifs is 6. The minimum atomic E-state index is -4.03. The Morgan fingerprint density at radius 2 is 0.909 bits per heavy atom. The second-order valence-corrected chi connectivity index (χ2v) is 16.9. The quantitative estimate of drug-likeness (QED) is 0.145. The van der Waals surface area contributed by atoms with Crippen molar-refractivity contribution < 1.29 is 8.42 Å². The van der Waals surface area contributed by atoms with E-state index in [0.29, 0.717) is 10.7 Å². The second kappa shape index (κ2) is 13.6. The highest BCUT2D eigenvalue weighted by Crippen LogP contribution is 2.43. The molecule has 0 N–H and O–H groups in total. The van der Waals surface area contributed by atoms with Crippen molar-refractivity contribution in [1.82, 2.24) is 0 Å². The SMILES string of the molecule is O=S1(=O)N=c2c(c3cc(-c4ccc(N(c5ccccc5)c5ccccc5)s4)ccc3c3ccc(-c4ccc(C(c5ccccc5)c5ccccc5)s4)cc23)=N1. The number of anilines is 3. The van der Waals surface area contributed by atoms with Crippen LogP contribution >= 0.6 is 22.7 Å². The first kappa shape index (κ1) is 33.4. The number of nitrogens with zero attached hydrogens (tertiary/aromatic N) is 3. The van der Waals surface area contributed by atoms with Gasteiger partial charge in [-0.05, 0) is 93.7 Å². The molecule has 0 unspecified atom stereocenters. The summed E-state index contributed by atoms with van der Waals surface area (Å²) in [4.78, 5) is 5.65. The average molecular weight is 766 g/mol. The Morgan fingerprint density at radius 1 is 0.455 bits per heavy atom. The number of para-hydroxylation sites is 2. The maximum absolute atomic E-state index is 13.0. The van der Waals surface area contributed by atoms with Crippen molar-refractivity contribution in [3.8, 4) is 20.9 Å². The highest BCUT2D eigenvalue weighted by Gasteiger charge is 2.22. The Morgan fingerprint density at radius 3 is 1.42 bits per heavy atom. The summed E-state index contributed by atoms with van der Waals surface area (Å²) in [6, 6.07) is 63.0. The normalized spacial score (nSPS) is 13.1. The summed E-state index contributed by atoms with van der Waals surface area (Å²) in [6.45, 7) is 0. The molecule has 264 valence electrons. The van der Waals surface area contributed by atoms with Gasteiger partial charge in [0.2, 0.25) is 0 Å². The Hall–Kier alpha value is -6.19. The number of thiophene rings is 2. The van der Waals surface area contributed by atoms with Crippen LogP contribution in [-0.2, 0) is 10.2 Å². The summed E-state index contributed by atoms with van der Waals surface area (Å²) in [5, 5.41) is 5.28. The fourth-order valence-corrected chi connectivity index (χ4v) is 10.7. The van der Waals surface area contributed by atoms with E-state index in [4.69, 9.17) is 0 Å². The molecular formula is C47H31N3O2S3. The van der Waals surface area contributed by atoms with Crippen LogP contribution in [0.3, 0.4) is 0 Å². The van der Waals surface area contributed by atoms with Gasteiger partial charge in [-0.2, -0.15) is 8.42 Å². The largest absolute Gasteiger partial charge is 0.364 e. The van der Waals surface area contributed by atoms with Crippen LogP contribution in [0.15, 0.2) is 191 Å². The van der Waals surface area contributed by atoms with Crippen LogP contribution in [0.4, 0.5) is 16.4 Å². The standard InChI is InChI=1S/C47H31N3O2S3/c51-55(52)48-46-39-29-33(41-25-26-43(53-41)45(31-13-5-1-6-14-31)32-15-7-2-8-16-32)21-23-37(39)38-24-22-34(30-40(38)47(46)49-55)42-27-28-44(54-42)50(35-17-9-3-10-18-35)36-19-11-4-12-20-36/h1-30,45H. The van der Waals surface area contributed by atoms with Crippen LogP contribution < -0.4 is 15.6 Å². The average Bonchev–Trinajstić information content (AvgIpc) is 3.99. The summed E-state index contributed by atoms with van der Waals surface area (Å²) in [5.74, 6) is 0.0992. The molecule has 8 heteroatoms. The summed E-state index contributed by atoms with van der Waals surface area (Å²) in [5.41, 5.74) is 6.60. The van der Waals surface area contributed by atoms with E-state index >= 15 is 0 Å². The lowest BCUT2D eigenvalue weighted by molar-refractivity contribution is 0.599. The van der Waals surface area contributed by atoms with Crippen molar-refractivity contribution in [2.45, 2.75) is 5.92 Å². The molecule has 7 aromatic carbocycles. The molecule has 0 radical (unpaired) electrons. The van der Waals surface area contributed by atoms with Crippen molar-refractivity contribution in [3.05, 3.63) is 209 Å². The lowest BCUT2D eigenvalue weighted by Gasteiger charge is -2.23. The topological polar surface area (TPSA) is 62.1 Å². The van der Waals surface area contributed by atoms with E-state index in [1.54, 1.807) is 22.7 Å². The molecule has 0 saturated carbocycles. The Kier molecular flexibility index (Phi) is 8.25. The van der Waals surface area contributed by atoms with Gasteiger partial charge in [0.15, 0.2) is 0 Å². The molecule has 0 aliphatic carbocycles. The molecule has 3 heterocycles. The van der Waals surface area contributed by atoms with E-state index in [1.807, 2.05) is 48.5 Å². The first-order valence-corrected chi connectivity index (χ1v) is 21.0. The lowest BCUT2D eigenvalue weighted by atomic mass is 9.90. The maximum atomic E-state index is 13.0. The lowest BCUT2D eigenvalue weighted by Crippen LogP contribution is -2.23. The smallest absolute Gasteiger partial charge is 0.302 e. The molecule has 0 saturated heterocycles. The van der Waals surface area contributed by atoms with Crippen molar-refractivity contribution in [2.75, 3.05) is 4.90 Å². The van der Waals surface area contributed by atoms with Gasteiger partial charge in [-0.25, -0.2) is 0 Å². The predicted molar refractivity (Wildman–Crippen MR) is 228 cm³/mol. The fourth-order valence-electron chi connectivity index (χ4n) is 7.58. The van der Waals surface area contributed by atoms with Crippen LogP contribution in [0, 0.1) is 0 Å². The molecule has 10 rings (SSSR count). The van der Waals surface area contributed by atoms with Crippen molar-refractivity contribution >= 4 is 70.8 Å². The van der Waals surface area contributed by atoms with Gasteiger partial charge in [0.25, 0.3) is 0 Å². The van der Waals surface area contributed by atoms with Gasteiger partial charge in [-0.15, -0.1) is 31.5 Å². The van der Waals surface area contributed by atoms with Crippen molar-refractivity contribution in [3.63, 3.8) is 0 Å². The molecule has 0 fully saturated rings. The van der Waals surface area contributed by atoms with E-state index in [0.717, 1.165) is 58.8 Å². The molecule has 1 aliphatic rings. The minimum absolute atomic E-state index is 0.0992. The van der Waals surface area contributed by atoms with Gasteiger partial charge < -0.3 is 4.90 Å². The van der Waals surface area contributed by atoms with Gasteiger partial charge in [-0.3, -0.25) is 0 Å². The molecule has 55 heavy (non-hydrogen) atoms. The molecule has 0 atom stereocenters. The molecule has 0 spiro atoms. The highest BCUT2D eigenvalue weighted by atomic mass is 32.2. The van der Waals surface area contributed by atoms with Crippen LogP contribution in [0.2, 0.25) is 0 Å². The van der Waals surface area contributed by atoms with E-state index in [9.17, 15) is 8.42 Å². The second-order valence-electron chi connectivity index (χ2n) is 13.4. The van der Waals surface area contributed by atoms with E-state index in [2.05, 4.69) is 147 Å². The molecule has 9 aromatic rings. The molecule has 2 aromatic heterocycles. The zero-order valence-electron chi connectivity index (χ0n) is 29.3. The van der Waals surface area contributed by atoms with E-state index in [-0.39, 0.29) is 5.92 Å². The maximum Gasteiger partial charge on any atom is 0.364 e. The third-order valence-electron chi connectivity index (χ3n) is 10.1. The van der Waals surface area contributed by atoms with Gasteiger partial charge in [0, 0.05) is 42.7 Å². The minimum Gasteiger partial charge on any atom is -0.302 e. The van der Waals surface area contributed by atoms with Crippen LogP contribution in [-0.4, -0.2) is 8.42 Å². The highest BCUT2D eigenvalue weighted by molar-refractivity contribution is 7.88. The molecule has 5 nitrogen and oxygen atoms in total. The van der Waals surface area contributed by atoms with Crippen LogP contribution in [0.5, 0.6) is 0 Å². The molecule has 0 amide bonds. The van der Waals surface area contributed by atoms with Crippen molar-refractivity contribution in [1.29, 1.82) is 0 Å². The Balaban J connectivity index is 1.07. The Labute approximate surface area is 326 Å². The van der Waals surface area contributed by atoms with Gasteiger partial charge in [-0.1, -0.05) is 121 Å². The first-order chi connectivity index (χ1) is 27.0.